The van der Waals surface area contributed by atoms with Crippen LogP contribution in [0.25, 0.3) is 0 Å². The van der Waals surface area contributed by atoms with Gasteiger partial charge in [0.25, 0.3) is 0 Å². The summed E-state index contributed by atoms with van der Waals surface area (Å²) in [5.74, 6) is 0.707. The summed E-state index contributed by atoms with van der Waals surface area (Å²) < 4.78 is 0. The number of hydrogen-bond donors (Lipinski definition) is 1. The topological polar surface area (TPSA) is 58.7 Å². The third kappa shape index (κ3) is 1.58. The van der Waals surface area contributed by atoms with Crippen molar-refractivity contribution in [2.75, 3.05) is 13.1 Å². The first-order valence-electron chi connectivity index (χ1n) is 4.89. The molecule has 2 rings (SSSR count). The van der Waals surface area contributed by atoms with Crippen LogP contribution in [0.5, 0.6) is 0 Å². The maximum Gasteiger partial charge on any atom is 0.248 e. The second-order valence-corrected chi connectivity index (χ2v) is 3.70. The Morgan fingerprint density at radius 1 is 1.54 bits per heavy atom. The Hall–Kier alpha value is -0.900. The predicted octanol–water partition coefficient (Wildman–Crippen LogP) is 0.333. The first-order chi connectivity index (χ1) is 6.31. The zero-order chi connectivity index (χ0) is 9.26. The first-order valence-corrected chi connectivity index (χ1v) is 4.89. The van der Waals surface area contributed by atoms with E-state index in [1.807, 2.05) is 0 Å². The highest BCUT2D eigenvalue weighted by Gasteiger charge is 2.31. The number of amides is 1. The van der Waals surface area contributed by atoms with Crippen molar-refractivity contribution >= 4 is 11.6 Å². The molecule has 0 bridgehead atoms. The van der Waals surface area contributed by atoms with Gasteiger partial charge in [-0.25, -0.2) is 5.01 Å². The molecule has 2 N–H and O–H groups in total. The maximum absolute atomic E-state index is 11.4. The van der Waals surface area contributed by atoms with E-state index in [0.29, 0.717) is 25.4 Å². The predicted molar refractivity (Wildman–Crippen MR) is 50.2 cm³/mol. The van der Waals surface area contributed by atoms with Gasteiger partial charge in [-0.1, -0.05) is 6.42 Å². The van der Waals surface area contributed by atoms with Gasteiger partial charge in [0, 0.05) is 6.54 Å². The first kappa shape index (κ1) is 8.69. The van der Waals surface area contributed by atoms with Crippen molar-refractivity contribution in [3.8, 4) is 0 Å². The van der Waals surface area contributed by atoms with E-state index in [4.69, 9.17) is 5.73 Å². The second kappa shape index (κ2) is 3.46. The molecule has 1 aliphatic carbocycles. The number of rotatable bonds is 3. The molecule has 4 nitrogen and oxygen atoms in total. The summed E-state index contributed by atoms with van der Waals surface area (Å²) in [7, 11) is 0. The highest BCUT2D eigenvalue weighted by atomic mass is 16.2. The number of nitrogens with two attached hydrogens (primary N) is 1. The number of nitrogens with zero attached hydrogens (tertiary/aromatic N) is 2. The van der Waals surface area contributed by atoms with Crippen LogP contribution in [0.1, 0.15) is 25.7 Å². The van der Waals surface area contributed by atoms with Crippen molar-refractivity contribution in [1.29, 1.82) is 0 Å². The fourth-order valence-corrected chi connectivity index (χ4v) is 1.76. The molecule has 1 heterocycles. The van der Waals surface area contributed by atoms with Gasteiger partial charge in [-0.3, -0.25) is 4.79 Å². The highest BCUT2D eigenvalue weighted by Crippen LogP contribution is 2.31. The Bertz CT molecular complexity index is 245. The van der Waals surface area contributed by atoms with Crippen LogP contribution in [0.3, 0.4) is 0 Å². The van der Waals surface area contributed by atoms with Crippen molar-refractivity contribution in [2.24, 2.45) is 16.8 Å². The van der Waals surface area contributed by atoms with E-state index >= 15 is 0 Å². The fraction of sp³-hybridized carbons (Fsp3) is 0.778. The minimum atomic E-state index is 0.118. The third-order valence-corrected chi connectivity index (χ3v) is 2.79. The van der Waals surface area contributed by atoms with E-state index in [0.717, 1.165) is 5.71 Å². The van der Waals surface area contributed by atoms with Crippen LogP contribution in [0, 0.1) is 5.92 Å². The molecule has 0 unspecified atom stereocenters. The van der Waals surface area contributed by atoms with E-state index < -0.39 is 0 Å². The van der Waals surface area contributed by atoms with Gasteiger partial charge in [-0.2, -0.15) is 5.10 Å². The SMILES string of the molecule is NCCN1N=C(C2CCC2)CC1=O. The maximum atomic E-state index is 11.4. The summed E-state index contributed by atoms with van der Waals surface area (Å²) in [6.45, 7) is 1.06. The van der Waals surface area contributed by atoms with E-state index in [-0.39, 0.29) is 5.91 Å². The number of carbonyl (C=O) groups excluding carboxylic acids is 1. The lowest BCUT2D eigenvalue weighted by molar-refractivity contribution is -0.128. The molecule has 1 saturated carbocycles. The summed E-state index contributed by atoms with van der Waals surface area (Å²) in [5.41, 5.74) is 6.46. The summed E-state index contributed by atoms with van der Waals surface area (Å²) in [6.07, 6.45) is 4.24. The molecule has 1 aliphatic heterocycles. The summed E-state index contributed by atoms with van der Waals surface area (Å²) in [6, 6.07) is 0. The van der Waals surface area contributed by atoms with Crippen LogP contribution in [-0.4, -0.2) is 29.7 Å². The van der Waals surface area contributed by atoms with E-state index in [2.05, 4.69) is 5.10 Å². The van der Waals surface area contributed by atoms with Crippen LogP contribution in [0.15, 0.2) is 5.10 Å². The van der Waals surface area contributed by atoms with Gasteiger partial charge >= 0.3 is 0 Å². The summed E-state index contributed by atoms with van der Waals surface area (Å²) in [4.78, 5) is 11.4. The van der Waals surface area contributed by atoms with Crippen LogP contribution in [0.4, 0.5) is 0 Å². The molecule has 0 spiro atoms. The highest BCUT2D eigenvalue weighted by molar-refractivity contribution is 6.06. The Kier molecular flexibility index (Phi) is 2.31. The normalized spacial score (nSPS) is 23.3. The van der Waals surface area contributed by atoms with Gasteiger partial charge < -0.3 is 5.73 Å². The lowest BCUT2D eigenvalue weighted by Gasteiger charge is -2.24. The standard InChI is InChI=1S/C9H15N3O/c10-4-5-12-9(13)6-8(11-12)7-2-1-3-7/h7H,1-6,10H2. The minimum absolute atomic E-state index is 0.118. The Morgan fingerprint density at radius 3 is 2.85 bits per heavy atom. The van der Waals surface area contributed by atoms with Gasteiger partial charge in [0.05, 0.1) is 18.7 Å². The lowest BCUT2D eigenvalue weighted by atomic mass is 9.81. The van der Waals surface area contributed by atoms with Gasteiger partial charge in [0.2, 0.25) is 5.91 Å². The van der Waals surface area contributed by atoms with Crippen LogP contribution in [-0.2, 0) is 4.79 Å². The van der Waals surface area contributed by atoms with Gasteiger partial charge in [-0.05, 0) is 18.8 Å². The third-order valence-electron chi connectivity index (χ3n) is 2.79. The van der Waals surface area contributed by atoms with Crippen LogP contribution in [0.2, 0.25) is 0 Å². The molecule has 2 aliphatic rings. The van der Waals surface area contributed by atoms with Crippen molar-refractivity contribution in [2.45, 2.75) is 25.7 Å². The molecular weight excluding hydrogens is 166 g/mol. The van der Waals surface area contributed by atoms with Gasteiger partial charge in [-0.15, -0.1) is 0 Å². The molecule has 1 amide bonds. The quantitative estimate of drug-likeness (QED) is 0.682. The molecule has 72 valence electrons. The van der Waals surface area contributed by atoms with E-state index in [9.17, 15) is 4.79 Å². The van der Waals surface area contributed by atoms with Crippen LogP contribution < -0.4 is 5.73 Å². The molecule has 0 aromatic heterocycles. The lowest BCUT2D eigenvalue weighted by Crippen LogP contribution is -2.26. The van der Waals surface area contributed by atoms with Crippen LogP contribution >= 0.6 is 0 Å². The minimum Gasteiger partial charge on any atom is -0.329 e. The monoisotopic (exact) mass is 181 g/mol. The zero-order valence-electron chi connectivity index (χ0n) is 7.70. The largest absolute Gasteiger partial charge is 0.329 e. The number of carbonyl (C=O) groups is 1. The Morgan fingerprint density at radius 2 is 2.31 bits per heavy atom. The molecule has 0 radical (unpaired) electrons. The fourth-order valence-electron chi connectivity index (χ4n) is 1.76. The van der Waals surface area contributed by atoms with E-state index in [1.165, 1.54) is 24.3 Å². The van der Waals surface area contributed by atoms with Crippen molar-refractivity contribution in [1.82, 2.24) is 5.01 Å². The molecule has 0 aromatic rings. The van der Waals surface area contributed by atoms with Gasteiger partial charge in [0.1, 0.15) is 0 Å². The molecule has 0 saturated heterocycles. The average Bonchev–Trinajstić information content (AvgIpc) is 2.30. The molecule has 4 heteroatoms. The molecular formula is C9H15N3O. The smallest absolute Gasteiger partial charge is 0.248 e. The molecule has 0 aromatic carbocycles. The average molecular weight is 181 g/mol. The zero-order valence-corrected chi connectivity index (χ0v) is 7.70. The molecule has 1 fully saturated rings. The van der Waals surface area contributed by atoms with Gasteiger partial charge in [0.15, 0.2) is 0 Å². The van der Waals surface area contributed by atoms with E-state index in [1.54, 1.807) is 0 Å². The second-order valence-electron chi connectivity index (χ2n) is 3.70. The van der Waals surface area contributed by atoms with Crippen molar-refractivity contribution in [3.63, 3.8) is 0 Å². The Labute approximate surface area is 77.8 Å². The summed E-state index contributed by atoms with van der Waals surface area (Å²) >= 11 is 0. The van der Waals surface area contributed by atoms with Crippen molar-refractivity contribution in [3.05, 3.63) is 0 Å². The molecule has 0 atom stereocenters. The van der Waals surface area contributed by atoms with Crippen molar-refractivity contribution < 1.29 is 4.79 Å². The number of hydrogen-bond acceptors (Lipinski definition) is 3. The molecule has 13 heavy (non-hydrogen) atoms. The number of hydrazone groups is 1. The summed E-state index contributed by atoms with van der Waals surface area (Å²) in [5, 5.41) is 5.82. The Balaban J connectivity index is 1.98.